The predicted octanol–water partition coefficient (Wildman–Crippen LogP) is 5.50. The van der Waals surface area contributed by atoms with Gasteiger partial charge in [0.05, 0.1) is 18.2 Å². The zero-order valence-electron chi connectivity index (χ0n) is 18.7. The van der Waals surface area contributed by atoms with E-state index in [-0.39, 0.29) is 23.8 Å². The second-order valence-electron chi connectivity index (χ2n) is 10.4. The Kier molecular flexibility index (Phi) is 6.36. The Labute approximate surface area is 199 Å². The molecule has 172 valence electrons. The summed E-state index contributed by atoms with van der Waals surface area (Å²) in [5.74, 6) is -0.154. The number of aliphatic hydroxyl groups excluding tert-OH is 2. The van der Waals surface area contributed by atoms with Crippen LogP contribution in [0.5, 0.6) is 0 Å². The number of carbonyl (C=O) groups is 1. The molecule has 1 aliphatic carbocycles. The highest BCUT2D eigenvalue weighted by atomic mass is 35.5. The second-order valence-corrected chi connectivity index (χ2v) is 11.3. The SMILES string of the molecule is CC1(C)C(O)CC(C[C@@]2(C)C[C@H](c3cccc(Cl)c3)[C@@H](c3ccc(Cl)cc3)NC2=O)C1O. The van der Waals surface area contributed by atoms with Gasteiger partial charge in [0.25, 0.3) is 0 Å². The number of piperidine rings is 1. The molecule has 0 spiro atoms. The highest BCUT2D eigenvalue weighted by molar-refractivity contribution is 6.30. The summed E-state index contributed by atoms with van der Waals surface area (Å²) >= 11 is 12.4. The number of hydrogen-bond acceptors (Lipinski definition) is 3. The molecule has 32 heavy (non-hydrogen) atoms. The summed E-state index contributed by atoms with van der Waals surface area (Å²) in [6, 6.07) is 15.2. The van der Waals surface area contributed by atoms with Crippen molar-refractivity contribution >= 4 is 29.1 Å². The van der Waals surface area contributed by atoms with Crippen molar-refractivity contribution in [3.05, 3.63) is 69.7 Å². The van der Waals surface area contributed by atoms with Gasteiger partial charge in [0, 0.05) is 26.8 Å². The first kappa shape index (κ1) is 23.6. The van der Waals surface area contributed by atoms with E-state index in [1.807, 2.05) is 63.2 Å². The van der Waals surface area contributed by atoms with E-state index in [0.29, 0.717) is 29.3 Å². The molecule has 2 aliphatic rings. The first-order valence-electron chi connectivity index (χ1n) is 11.2. The van der Waals surface area contributed by atoms with Gasteiger partial charge in [-0.3, -0.25) is 4.79 Å². The highest BCUT2D eigenvalue weighted by Crippen LogP contribution is 2.52. The third kappa shape index (κ3) is 4.31. The lowest BCUT2D eigenvalue weighted by Gasteiger charge is -2.44. The minimum absolute atomic E-state index is 0.00838. The van der Waals surface area contributed by atoms with Crippen LogP contribution in [0.4, 0.5) is 0 Å². The van der Waals surface area contributed by atoms with Gasteiger partial charge < -0.3 is 15.5 Å². The third-order valence-corrected chi connectivity index (χ3v) is 8.21. The number of amides is 1. The molecule has 2 aromatic rings. The molecule has 3 N–H and O–H groups in total. The van der Waals surface area contributed by atoms with E-state index in [0.717, 1.165) is 11.1 Å². The fourth-order valence-electron chi connectivity index (χ4n) is 5.62. The van der Waals surface area contributed by atoms with Crippen LogP contribution in [-0.4, -0.2) is 28.3 Å². The zero-order valence-corrected chi connectivity index (χ0v) is 20.2. The number of benzene rings is 2. The Balaban J connectivity index is 1.67. The topological polar surface area (TPSA) is 69.6 Å². The molecule has 1 saturated heterocycles. The maximum Gasteiger partial charge on any atom is 0.226 e. The van der Waals surface area contributed by atoms with Gasteiger partial charge in [0.1, 0.15) is 0 Å². The van der Waals surface area contributed by atoms with Gasteiger partial charge in [0.15, 0.2) is 0 Å². The number of nitrogens with one attached hydrogen (secondary N) is 1. The van der Waals surface area contributed by atoms with Crippen LogP contribution >= 0.6 is 23.2 Å². The molecular weight excluding hydrogens is 445 g/mol. The van der Waals surface area contributed by atoms with E-state index in [4.69, 9.17) is 23.2 Å². The average molecular weight is 476 g/mol. The van der Waals surface area contributed by atoms with Gasteiger partial charge in [-0.05, 0) is 60.6 Å². The van der Waals surface area contributed by atoms with Crippen LogP contribution in [0.3, 0.4) is 0 Å². The molecule has 2 aromatic carbocycles. The largest absolute Gasteiger partial charge is 0.392 e. The van der Waals surface area contributed by atoms with Gasteiger partial charge in [0.2, 0.25) is 5.91 Å². The van der Waals surface area contributed by atoms with Crippen molar-refractivity contribution in [2.24, 2.45) is 16.7 Å². The minimum atomic E-state index is -0.679. The molecule has 4 rings (SSSR count). The summed E-state index contributed by atoms with van der Waals surface area (Å²) in [6.07, 6.45) is 0.403. The van der Waals surface area contributed by atoms with Crippen LogP contribution < -0.4 is 5.32 Å². The number of halogens is 2. The van der Waals surface area contributed by atoms with E-state index in [2.05, 4.69) is 11.4 Å². The monoisotopic (exact) mass is 475 g/mol. The summed E-state index contributed by atoms with van der Waals surface area (Å²) in [6.45, 7) is 5.75. The number of rotatable bonds is 4. The zero-order chi connectivity index (χ0) is 23.3. The summed E-state index contributed by atoms with van der Waals surface area (Å²) in [5, 5.41) is 25.9. The average Bonchev–Trinajstić information content (AvgIpc) is 2.93. The first-order valence-corrected chi connectivity index (χ1v) is 11.9. The Morgan fingerprint density at radius 2 is 1.69 bits per heavy atom. The predicted molar refractivity (Wildman–Crippen MR) is 128 cm³/mol. The van der Waals surface area contributed by atoms with Gasteiger partial charge >= 0.3 is 0 Å². The third-order valence-electron chi connectivity index (χ3n) is 7.72. The Hall–Kier alpha value is -1.59. The number of carbonyl (C=O) groups excluding carboxylic acids is 1. The number of hydrogen-bond donors (Lipinski definition) is 3. The smallest absolute Gasteiger partial charge is 0.226 e. The minimum Gasteiger partial charge on any atom is -0.392 e. The van der Waals surface area contributed by atoms with Crippen molar-refractivity contribution in [3.8, 4) is 0 Å². The van der Waals surface area contributed by atoms with Crippen molar-refractivity contribution < 1.29 is 15.0 Å². The summed E-state index contributed by atoms with van der Waals surface area (Å²) in [5.41, 5.74) is 0.801. The van der Waals surface area contributed by atoms with E-state index in [9.17, 15) is 15.0 Å². The fraction of sp³-hybridized carbons (Fsp3) is 0.500. The van der Waals surface area contributed by atoms with Crippen LogP contribution in [0, 0.1) is 16.7 Å². The standard InChI is InChI=1S/C26H31Cl2NO3/c1-25(2)21(30)12-17(23(25)31)13-26(3)14-20(16-5-4-6-19(28)11-16)22(29-24(26)32)15-7-9-18(27)10-8-15/h4-11,17,20-23,30-31H,12-14H2,1-3H3,(H,29,32)/t17?,20-,21?,22-,23?,26+/m1/s1. The van der Waals surface area contributed by atoms with E-state index in [1.165, 1.54) is 0 Å². The normalized spacial score (nSPS) is 34.3. The summed E-state index contributed by atoms with van der Waals surface area (Å²) < 4.78 is 0. The second kappa shape index (κ2) is 8.64. The van der Waals surface area contributed by atoms with E-state index in [1.54, 1.807) is 0 Å². The molecule has 6 heteroatoms. The molecule has 2 fully saturated rings. The molecule has 4 nitrogen and oxygen atoms in total. The fourth-order valence-corrected chi connectivity index (χ4v) is 5.94. The van der Waals surface area contributed by atoms with Crippen LogP contribution in [0.1, 0.15) is 63.1 Å². The Bertz CT molecular complexity index is 993. The van der Waals surface area contributed by atoms with Crippen molar-refractivity contribution in [3.63, 3.8) is 0 Å². The lowest BCUT2D eigenvalue weighted by molar-refractivity contribution is -0.136. The molecule has 0 bridgehead atoms. The van der Waals surface area contributed by atoms with Gasteiger partial charge in [-0.15, -0.1) is 0 Å². The van der Waals surface area contributed by atoms with Gasteiger partial charge in [-0.2, -0.15) is 0 Å². The van der Waals surface area contributed by atoms with Crippen LogP contribution in [0.15, 0.2) is 48.5 Å². The maximum atomic E-state index is 13.4. The van der Waals surface area contributed by atoms with E-state index < -0.39 is 23.0 Å². The Morgan fingerprint density at radius 1 is 1.00 bits per heavy atom. The van der Waals surface area contributed by atoms with Crippen LogP contribution in [0.25, 0.3) is 0 Å². The van der Waals surface area contributed by atoms with Crippen LogP contribution in [-0.2, 0) is 4.79 Å². The molecule has 3 unspecified atom stereocenters. The van der Waals surface area contributed by atoms with Gasteiger partial charge in [-0.1, -0.05) is 68.2 Å². The highest BCUT2D eigenvalue weighted by Gasteiger charge is 2.52. The molecule has 0 aromatic heterocycles. The van der Waals surface area contributed by atoms with E-state index >= 15 is 0 Å². The Morgan fingerprint density at radius 3 is 2.28 bits per heavy atom. The molecule has 6 atom stereocenters. The van der Waals surface area contributed by atoms with Crippen molar-refractivity contribution in [2.75, 3.05) is 0 Å². The summed E-state index contributed by atoms with van der Waals surface area (Å²) in [7, 11) is 0. The maximum absolute atomic E-state index is 13.4. The van der Waals surface area contributed by atoms with Crippen molar-refractivity contribution in [2.45, 2.75) is 64.2 Å². The molecular formula is C26H31Cl2NO3. The quantitative estimate of drug-likeness (QED) is 0.546. The first-order chi connectivity index (χ1) is 15.0. The molecule has 0 radical (unpaired) electrons. The molecule has 1 saturated carbocycles. The van der Waals surface area contributed by atoms with Crippen molar-refractivity contribution in [1.82, 2.24) is 5.32 Å². The molecule has 1 aliphatic heterocycles. The molecule has 1 heterocycles. The summed E-state index contributed by atoms with van der Waals surface area (Å²) in [4.78, 5) is 13.4. The van der Waals surface area contributed by atoms with Gasteiger partial charge in [-0.25, -0.2) is 0 Å². The molecule has 1 amide bonds. The van der Waals surface area contributed by atoms with Crippen LogP contribution in [0.2, 0.25) is 10.0 Å². The lowest BCUT2D eigenvalue weighted by Crippen LogP contribution is -2.50. The number of aliphatic hydroxyl groups is 2. The van der Waals surface area contributed by atoms with Crippen molar-refractivity contribution in [1.29, 1.82) is 0 Å². The lowest BCUT2D eigenvalue weighted by atomic mass is 9.66.